The molecule has 2 aromatic rings. The van der Waals surface area contributed by atoms with Crippen molar-refractivity contribution >= 4 is 17.8 Å². The monoisotopic (exact) mass is 540 g/mol. The maximum atomic E-state index is 14.2. The summed E-state index contributed by atoms with van der Waals surface area (Å²) in [6, 6.07) is 9.31. The van der Waals surface area contributed by atoms with Gasteiger partial charge in [-0.3, -0.25) is 19.9 Å². The lowest BCUT2D eigenvalue weighted by atomic mass is 9.75. The molecule has 0 radical (unpaired) electrons. The molecular weight excluding hydrogens is 503 g/mol. The zero-order valence-electron chi connectivity index (χ0n) is 23.2. The number of guanidine groups is 1. The summed E-state index contributed by atoms with van der Waals surface area (Å²) < 4.78 is 25.4. The number of amides is 2. The second-order valence-electron chi connectivity index (χ2n) is 11.6. The Labute approximate surface area is 228 Å². The quantitative estimate of drug-likeness (QED) is 0.423. The van der Waals surface area contributed by atoms with Gasteiger partial charge in [0.1, 0.15) is 22.8 Å². The molecule has 2 aromatic carbocycles. The number of rotatable bonds is 7. The van der Waals surface area contributed by atoms with Crippen LogP contribution in [0.2, 0.25) is 0 Å². The van der Waals surface area contributed by atoms with E-state index in [2.05, 4.69) is 10.6 Å². The lowest BCUT2D eigenvalue weighted by Crippen LogP contribution is -2.62. The third-order valence-corrected chi connectivity index (χ3v) is 7.70. The second kappa shape index (κ2) is 10.2. The fourth-order valence-corrected chi connectivity index (χ4v) is 5.20. The van der Waals surface area contributed by atoms with Gasteiger partial charge in [0.25, 0.3) is 5.91 Å². The molecule has 0 bridgehead atoms. The van der Waals surface area contributed by atoms with Gasteiger partial charge in [0.2, 0.25) is 5.91 Å². The number of carbonyl (C=O) groups excluding carboxylic acids is 2. The molecule has 4 rings (SSSR count). The fraction of sp³-hybridized carbons (Fsp3) is 0.483. The summed E-state index contributed by atoms with van der Waals surface area (Å²) >= 11 is 0. The lowest BCUT2D eigenvalue weighted by molar-refractivity contribution is -0.137. The van der Waals surface area contributed by atoms with Crippen molar-refractivity contribution < 1.29 is 28.6 Å². The molecule has 10 heteroatoms. The molecule has 0 saturated carbocycles. The van der Waals surface area contributed by atoms with Crippen LogP contribution < -0.4 is 15.4 Å². The molecule has 2 aliphatic heterocycles. The molecule has 3 atom stereocenters. The van der Waals surface area contributed by atoms with Gasteiger partial charge in [-0.2, -0.15) is 0 Å². The summed E-state index contributed by atoms with van der Waals surface area (Å²) in [6.45, 7) is 9.03. The minimum atomic E-state index is -1.57. The van der Waals surface area contributed by atoms with Crippen LogP contribution in [0.3, 0.4) is 0 Å². The summed E-state index contributed by atoms with van der Waals surface area (Å²) in [4.78, 5) is 28.1. The summed E-state index contributed by atoms with van der Waals surface area (Å²) in [5.74, 6) is -0.824. The highest BCUT2D eigenvalue weighted by atomic mass is 19.1. The minimum absolute atomic E-state index is 0.00803. The molecule has 4 N–H and O–H groups in total. The molecule has 3 unspecified atom stereocenters. The predicted octanol–water partition coefficient (Wildman–Crippen LogP) is 3.83. The Morgan fingerprint density at radius 1 is 1.26 bits per heavy atom. The molecule has 2 aliphatic rings. The summed E-state index contributed by atoms with van der Waals surface area (Å²) in [5, 5.41) is 26.0. The highest BCUT2D eigenvalue weighted by Crippen LogP contribution is 2.46. The third-order valence-electron chi connectivity index (χ3n) is 7.70. The van der Waals surface area contributed by atoms with Crippen molar-refractivity contribution in [2.24, 2.45) is 0 Å². The molecule has 9 nitrogen and oxygen atoms in total. The number of carbonyl (C=O) groups is 2. The van der Waals surface area contributed by atoms with Crippen molar-refractivity contribution in [2.45, 2.75) is 76.3 Å². The Morgan fingerprint density at radius 2 is 1.97 bits per heavy atom. The molecule has 0 aliphatic carbocycles. The van der Waals surface area contributed by atoms with E-state index in [9.17, 15) is 19.1 Å². The first-order valence-electron chi connectivity index (χ1n) is 13.0. The first-order valence-corrected chi connectivity index (χ1v) is 13.0. The van der Waals surface area contributed by atoms with Crippen LogP contribution >= 0.6 is 0 Å². The number of nitrogens with one attached hydrogen (secondary N) is 3. The van der Waals surface area contributed by atoms with Crippen LogP contribution in [0.1, 0.15) is 81.0 Å². The van der Waals surface area contributed by atoms with Gasteiger partial charge in [-0.15, -0.1) is 0 Å². The smallest absolute Gasteiger partial charge is 0.251 e. The first kappa shape index (κ1) is 28.5. The van der Waals surface area contributed by atoms with E-state index < -0.39 is 40.5 Å². The number of fused-ring (bicyclic) bond motifs is 1. The predicted molar refractivity (Wildman–Crippen MR) is 144 cm³/mol. The maximum absolute atomic E-state index is 14.2. The number of halogens is 1. The molecule has 0 spiro atoms. The molecule has 2 heterocycles. The number of hydrogen-bond acceptors (Lipinski definition) is 6. The molecule has 39 heavy (non-hydrogen) atoms. The number of methoxy groups -OCH3 is 1. The first-order chi connectivity index (χ1) is 18.2. The van der Waals surface area contributed by atoms with E-state index in [1.165, 1.54) is 23.1 Å². The number of hydrogen-bond donors (Lipinski definition) is 4. The van der Waals surface area contributed by atoms with E-state index in [1.807, 2.05) is 13.8 Å². The van der Waals surface area contributed by atoms with E-state index in [0.717, 1.165) is 0 Å². The molecule has 210 valence electrons. The van der Waals surface area contributed by atoms with E-state index >= 15 is 0 Å². The maximum Gasteiger partial charge on any atom is 0.251 e. The van der Waals surface area contributed by atoms with E-state index in [-0.39, 0.29) is 23.9 Å². The largest absolute Gasteiger partial charge is 0.484 e. The second-order valence-corrected chi connectivity index (χ2v) is 11.6. The Hall–Kier alpha value is -3.50. The normalized spacial score (nSPS) is 24.3. The number of ether oxygens (including phenoxy) is 2. The van der Waals surface area contributed by atoms with Crippen LogP contribution in [-0.2, 0) is 9.53 Å². The SMILES string of the molecule is COCCC(c1cccc(C(=O)NC2c3cc(F)ccc3OC(C)(C)C2(C)O)c1)N1C(=N)NC(C)(C)CC1=O. The van der Waals surface area contributed by atoms with Crippen molar-refractivity contribution in [2.75, 3.05) is 13.7 Å². The minimum Gasteiger partial charge on any atom is -0.484 e. The average molecular weight is 541 g/mol. The van der Waals surface area contributed by atoms with Gasteiger partial charge in [0.05, 0.1) is 12.1 Å². The van der Waals surface area contributed by atoms with Gasteiger partial charge >= 0.3 is 0 Å². The summed E-state index contributed by atoms with van der Waals surface area (Å²) in [5.41, 5.74) is -1.92. The van der Waals surface area contributed by atoms with Crippen molar-refractivity contribution in [3.8, 4) is 5.75 Å². The highest BCUT2D eigenvalue weighted by Gasteiger charge is 2.53. The van der Waals surface area contributed by atoms with Gasteiger partial charge in [0.15, 0.2) is 5.96 Å². The van der Waals surface area contributed by atoms with Crippen LogP contribution in [0.4, 0.5) is 4.39 Å². The van der Waals surface area contributed by atoms with Crippen molar-refractivity contribution in [1.82, 2.24) is 15.5 Å². The molecular formula is C29H37FN4O5. The average Bonchev–Trinajstić information content (AvgIpc) is 2.83. The summed E-state index contributed by atoms with van der Waals surface area (Å²) in [6.07, 6.45) is 0.622. The Kier molecular flexibility index (Phi) is 7.48. The van der Waals surface area contributed by atoms with Crippen LogP contribution in [0.15, 0.2) is 42.5 Å². The third kappa shape index (κ3) is 5.49. The van der Waals surface area contributed by atoms with Gasteiger partial charge in [0, 0.05) is 36.8 Å². The van der Waals surface area contributed by atoms with Gasteiger partial charge in [-0.05, 0) is 76.9 Å². The summed E-state index contributed by atoms with van der Waals surface area (Å²) in [7, 11) is 1.56. The van der Waals surface area contributed by atoms with Crippen molar-refractivity contribution in [1.29, 1.82) is 5.41 Å². The van der Waals surface area contributed by atoms with Crippen LogP contribution in [0.5, 0.6) is 5.75 Å². The number of aliphatic hydroxyl groups is 1. The van der Waals surface area contributed by atoms with E-state index in [0.29, 0.717) is 29.9 Å². The Morgan fingerprint density at radius 3 is 2.64 bits per heavy atom. The van der Waals surface area contributed by atoms with Crippen LogP contribution in [-0.4, -0.2) is 58.2 Å². The standard InChI is InChI=1S/C29H37FN4O5/c1-27(2)16-23(35)34(26(31)33-27)21(12-13-38-6)17-8-7-9-18(14-17)25(36)32-24-20-15-19(30)10-11-22(20)39-28(3,4)29(24,5)37/h7-11,14-15,21,24,37H,12-13,16H2,1-6H3,(H2,31,33)(H,32,36). The van der Waals surface area contributed by atoms with Gasteiger partial charge < -0.3 is 25.2 Å². The van der Waals surface area contributed by atoms with Crippen molar-refractivity contribution in [3.05, 3.63) is 65.0 Å². The molecule has 2 amide bonds. The van der Waals surface area contributed by atoms with Gasteiger partial charge in [-0.1, -0.05) is 12.1 Å². The molecule has 1 saturated heterocycles. The Bertz CT molecular complexity index is 1270. The van der Waals surface area contributed by atoms with Gasteiger partial charge in [-0.25, -0.2) is 4.39 Å². The number of nitrogens with zero attached hydrogens (tertiary/aromatic N) is 1. The van der Waals surface area contributed by atoms with Crippen LogP contribution in [0.25, 0.3) is 0 Å². The lowest BCUT2D eigenvalue weighted by Gasteiger charge is -2.49. The fourth-order valence-electron chi connectivity index (χ4n) is 5.20. The van der Waals surface area contributed by atoms with E-state index in [1.54, 1.807) is 52.1 Å². The van der Waals surface area contributed by atoms with Crippen LogP contribution in [0, 0.1) is 11.2 Å². The molecule has 1 fully saturated rings. The topological polar surface area (TPSA) is 124 Å². The highest BCUT2D eigenvalue weighted by molar-refractivity contribution is 5.99. The Balaban J connectivity index is 1.67. The zero-order valence-corrected chi connectivity index (χ0v) is 23.2. The van der Waals surface area contributed by atoms with E-state index in [4.69, 9.17) is 14.9 Å². The molecule has 0 aromatic heterocycles. The number of benzene rings is 2. The van der Waals surface area contributed by atoms with Crippen molar-refractivity contribution in [3.63, 3.8) is 0 Å². The zero-order chi connectivity index (χ0) is 28.8.